The molecule has 1 unspecified atom stereocenters. The molecule has 208 valence electrons. The summed E-state index contributed by atoms with van der Waals surface area (Å²) in [4.78, 5) is 50.2. The van der Waals surface area contributed by atoms with Gasteiger partial charge in [-0.2, -0.15) is 0 Å². The van der Waals surface area contributed by atoms with Crippen molar-refractivity contribution in [3.63, 3.8) is 0 Å². The lowest BCUT2D eigenvalue weighted by atomic mass is 10.0. The summed E-state index contributed by atoms with van der Waals surface area (Å²) < 4.78 is 5.67. The van der Waals surface area contributed by atoms with Gasteiger partial charge in [-0.15, -0.1) is 0 Å². The molecule has 12 nitrogen and oxygen atoms in total. The van der Waals surface area contributed by atoms with Gasteiger partial charge in [0, 0.05) is 25.7 Å². The van der Waals surface area contributed by atoms with Crippen LogP contribution in [0.1, 0.15) is 32.3 Å². The Morgan fingerprint density at radius 3 is 1.78 bits per heavy atom. The Morgan fingerprint density at radius 2 is 1.30 bits per heavy atom. The van der Waals surface area contributed by atoms with Gasteiger partial charge in [0.15, 0.2) is 0 Å². The molecule has 0 heterocycles. The van der Waals surface area contributed by atoms with Gasteiger partial charge in [0.25, 0.3) is 0 Å². The van der Waals surface area contributed by atoms with E-state index in [1.54, 1.807) is 28.9 Å². The normalized spacial score (nSPS) is 12.1. The van der Waals surface area contributed by atoms with Crippen LogP contribution < -0.4 is 4.74 Å². The summed E-state index contributed by atoms with van der Waals surface area (Å²) in [7, 11) is 0. The van der Waals surface area contributed by atoms with E-state index in [4.69, 9.17) is 9.84 Å². The van der Waals surface area contributed by atoms with Gasteiger partial charge < -0.3 is 25.2 Å². The van der Waals surface area contributed by atoms with Gasteiger partial charge in [0.1, 0.15) is 5.75 Å². The molecule has 0 radical (unpaired) electrons. The van der Waals surface area contributed by atoms with Crippen molar-refractivity contribution in [1.29, 1.82) is 0 Å². The molecule has 0 saturated carbocycles. The van der Waals surface area contributed by atoms with Crippen LogP contribution in [0, 0.1) is 0 Å². The third-order valence-electron chi connectivity index (χ3n) is 5.72. The Bertz CT molecular complexity index is 847. The largest absolute Gasteiger partial charge is 0.494 e. The van der Waals surface area contributed by atoms with Gasteiger partial charge in [-0.05, 0) is 37.1 Å². The average Bonchev–Trinajstić information content (AvgIpc) is 2.80. The second-order valence-corrected chi connectivity index (χ2v) is 8.79. The van der Waals surface area contributed by atoms with Crippen molar-refractivity contribution in [3.05, 3.63) is 29.8 Å². The Hall–Kier alpha value is -3.22. The van der Waals surface area contributed by atoms with Crippen molar-refractivity contribution < 1.29 is 44.3 Å². The second-order valence-electron chi connectivity index (χ2n) is 8.79. The maximum atomic E-state index is 11.5. The van der Waals surface area contributed by atoms with Crippen molar-refractivity contribution in [2.75, 3.05) is 59.0 Å². The molecule has 0 aliphatic heterocycles. The molecule has 0 fully saturated rings. The molecule has 0 aliphatic carbocycles. The lowest BCUT2D eigenvalue weighted by Crippen LogP contribution is -2.51. The minimum atomic E-state index is -1.20. The smallest absolute Gasteiger partial charge is 0.317 e. The number of unbranched alkanes of at least 4 members (excludes halogenated alkanes) is 1. The molecular formula is C25H39N3O9. The van der Waals surface area contributed by atoms with Crippen LogP contribution in [0.25, 0.3) is 0 Å². The van der Waals surface area contributed by atoms with Crippen molar-refractivity contribution in [1.82, 2.24) is 14.7 Å². The first-order valence-corrected chi connectivity index (χ1v) is 12.3. The molecule has 1 rings (SSSR count). The number of nitrogens with zero attached hydrogens (tertiary/aromatic N) is 3. The fourth-order valence-electron chi connectivity index (χ4n) is 3.85. The quantitative estimate of drug-likeness (QED) is 0.169. The molecule has 1 atom stereocenters. The van der Waals surface area contributed by atoms with Crippen LogP contribution in [0.5, 0.6) is 5.75 Å². The number of rotatable bonds is 21. The van der Waals surface area contributed by atoms with Gasteiger partial charge in [0.05, 0.1) is 32.8 Å². The summed E-state index contributed by atoms with van der Waals surface area (Å²) in [5, 5.41) is 37.3. The van der Waals surface area contributed by atoms with Crippen molar-refractivity contribution in [3.8, 4) is 5.75 Å². The van der Waals surface area contributed by atoms with E-state index in [1.807, 2.05) is 12.1 Å². The van der Waals surface area contributed by atoms with Crippen molar-refractivity contribution >= 4 is 23.9 Å². The van der Waals surface area contributed by atoms with Crippen LogP contribution in [0.4, 0.5) is 0 Å². The average molecular weight is 526 g/mol. The highest BCUT2D eigenvalue weighted by molar-refractivity contribution is 5.72. The topological polar surface area (TPSA) is 168 Å². The first-order chi connectivity index (χ1) is 17.5. The predicted octanol–water partition coefficient (Wildman–Crippen LogP) is 1.04. The van der Waals surface area contributed by atoms with Crippen LogP contribution >= 0.6 is 0 Å². The number of ether oxygens (including phenoxy) is 1. The maximum absolute atomic E-state index is 11.5. The molecule has 12 heteroatoms. The number of hydrogen-bond acceptors (Lipinski definition) is 8. The van der Waals surface area contributed by atoms with Gasteiger partial charge in [0.2, 0.25) is 0 Å². The van der Waals surface area contributed by atoms with E-state index < -0.39 is 43.0 Å². The maximum Gasteiger partial charge on any atom is 0.317 e. The van der Waals surface area contributed by atoms with E-state index in [-0.39, 0.29) is 39.1 Å². The minimum Gasteiger partial charge on any atom is -0.494 e. The molecule has 4 N–H and O–H groups in total. The Labute approximate surface area is 217 Å². The van der Waals surface area contributed by atoms with E-state index in [1.165, 1.54) is 4.90 Å². The molecule has 0 bridgehead atoms. The summed E-state index contributed by atoms with van der Waals surface area (Å²) in [6, 6.07) is 6.59. The SMILES string of the molecule is CCCCOc1ccc(CC(CN(CCN(CC)CC(=O)O)CC(=O)O)N(CC(=O)O)CC(=O)O)cc1. The van der Waals surface area contributed by atoms with E-state index in [9.17, 15) is 34.5 Å². The Kier molecular flexibility index (Phi) is 14.8. The zero-order chi connectivity index (χ0) is 27.8. The highest BCUT2D eigenvalue weighted by atomic mass is 16.5. The lowest BCUT2D eigenvalue weighted by Gasteiger charge is -2.34. The minimum absolute atomic E-state index is 0.0756. The molecule has 0 saturated heterocycles. The standard InChI is InChI=1S/C25H39N3O9/c1-3-5-12-37-21-8-6-19(7-9-21)13-20(28(17-24(33)34)18-25(35)36)14-27(16-23(31)32)11-10-26(4-2)15-22(29)30/h6-9,20H,3-5,10-18H2,1-2H3,(H,29,30)(H,31,32)(H,33,34)(H,35,36). The van der Waals surface area contributed by atoms with E-state index in [0.29, 0.717) is 18.9 Å². The van der Waals surface area contributed by atoms with E-state index >= 15 is 0 Å². The molecule has 0 aromatic heterocycles. The first-order valence-electron chi connectivity index (χ1n) is 12.3. The molecule has 1 aromatic rings. The Morgan fingerprint density at radius 1 is 0.784 bits per heavy atom. The van der Waals surface area contributed by atoms with Gasteiger partial charge in [-0.3, -0.25) is 33.9 Å². The molecule has 0 spiro atoms. The summed E-state index contributed by atoms with van der Waals surface area (Å²) in [5.74, 6) is -3.81. The summed E-state index contributed by atoms with van der Waals surface area (Å²) >= 11 is 0. The van der Waals surface area contributed by atoms with Crippen LogP contribution in [0.3, 0.4) is 0 Å². The third-order valence-corrected chi connectivity index (χ3v) is 5.72. The fraction of sp³-hybridized carbons (Fsp3) is 0.600. The zero-order valence-corrected chi connectivity index (χ0v) is 21.5. The van der Waals surface area contributed by atoms with Crippen molar-refractivity contribution in [2.24, 2.45) is 0 Å². The van der Waals surface area contributed by atoms with E-state index in [0.717, 1.165) is 18.4 Å². The van der Waals surface area contributed by atoms with Crippen LogP contribution in [-0.4, -0.2) is 124 Å². The van der Waals surface area contributed by atoms with Crippen LogP contribution in [-0.2, 0) is 25.6 Å². The molecule has 0 amide bonds. The lowest BCUT2D eigenvalue weighted by molar-refractivity contribution is -0.144. The summed E-state index contributed by atoms with van der Waals surface area (Å²) in [5.41, 5.74) is 0.810. The Balaban J connectivity index is 3.14. The monoisotopic (exact) mass is 525 g/mol. The number of carboxylic acid groups (broad SMARTS) is 4. The molecule has 1 aromatic carbocycles. The number of likely N-dealkylation sites (N-methyl/N-ethyl adjacent to an activating group) is 1. The number of hydrogen-bond donors (Lipinski definition) is 4. The highest BCUT2D eigenvalue weighted by Gasteiger charge is 2.27. The molecular weight excluding hydrogens is 486 g/mol. The predicted molar refractivity (Wildman–Crippen MR) is 135 cm³/mol. The van der Waals surface area contributed by atoms with Crippen LogP contribution in [0.2, 0.25) is 0 Å². The first kappa shape index (κ1) is 31.8. The van der Waals surface area contributed by atoms with E-state index in [2.05, 4.69) is 6.92 Å². The van der Waals surface area contributed by atoms with Crippen molar-refractivity contribution in [2.45, 2.75) is 39.2 Å². The summed E-state index contributed by atoms with van der Waals surface area (Å²) in [6.07, 6.45) is 2.20. The number of benzene rings is 1. The van der Waals surface area contributed by atoms with Gasteiger partial charge in [-0.1, -0.05) is 32.4 Å². The summed E-state index contributed by atoms with van der Waals surface area (Å²) in [6.45, 7) is 3.84. The fourth-order valence-corrected chi connectivity index (χ4v) is 3.85. The van der Waals surface area contributed by atoms with Gasteiger partial charge >= 0.3 is 23.9 Å². The third kappa shape index (κ3) is 14.2. The number of aliphatic carboxylic acids is 4. The highest BCUT2D eigenvalue weighted by Crippen LogP contribution is 2.17. The second kappa shape index (κ2) is 17.3. The zero-order valence-electron chi connectivity index (χ0n) is 21.5. The molecule has 37 heavy (non-hydrogen) atoms. The number of carboxylic acids is 4. The molecule has 0 aliphatic rings. The van der Waals surface area contributed by atoms with Crippen LogP contribution in [0.15, 0.2) is 24.3 Å². The van der Waals surface area contributed by atoms with Gasteiger partial charge in [-0.25, -0.2) is 0 Å². The number of carbonyl (C=O) groups is 4.